The van der Waals surface area contributed by atoms with Crippen LogP contribution in [0.1, 0.15) is 11.9 Å². The Morgan fingerprint density at radius 3 is 2.69 bits per heavy atom. The van der Waals surface area contributed by atoms with Gasteiger partial charge in [0.05, 0.1) is 27.7 Å². The maximum atomic E-state index is 12.5. The summed E-state index contributed by atoms with van der Waals surface area (Å²) in [5, 5.41) is 14.6. The lowest BCUT2D eigenvalue weighted by Gasteiger charge is -2.22. The Balaban J connectivity index is 1.69. The highest BCUT2D eigenvalue weighted by atomic mass is 32.1. The number of nitro benzene ring substituents is 1. The molecule has 0 aliphatic carbocycles. The Morgan fingerprint density at radius 1 is 1.27 bits per heavy atom. The van der Waals surface area contributed by atoms with Crippen molar-refractivity contribution in [2.24, 2.45) is 0 Å². The molecular formula is C18H18N4O3S. The van der Waals surface area contributed by atoms with Gasteiger partial charge >= 0.3 is 0 Å². The molecule has 0 unspecified atom stereocenters. The van der Waals surface area contributed by atoms with Crippen molar-refractivity contribution in [3.05, 3.63) is 63.7 Å². The third-order valence-electron chi connectivity index (χ3n) is 4.12. The monoisotopic (exact) mass is 370 g/mol. The second-order valence-electron chi connectivity index (χ2n) is 5.93. The molecule has 3 rings (SSSR count). The molecule has 1 N–H and O–H groups in total. The van der Waals surface area contributed by atoms with Gasteiger partial charge in [0, 0.05) is 6.07 Å². The first-order valence-electron chi connectivity index (χ1n) is 8.04. The van der Waals surface area contributed by atoms with Crippen LogP contribution in [0.25, 0.3) is 10.2 Å². The number of likely N-dealkylation sites (N-methyl/N-ethyl adjacent to an activating group) is 1. The molecule has 134 valence electrons. The van der Waals surface area contributed by atoms with E-state index in [0.717, 1.165) is 15.2 Å². The van der Waals surface area contributed by atoms with E-state index in [2.05, 4.69) is 10.3 Å². The summed E-state index contributed by atoms with van der Waals surface area (Å²) in [5.74, 6) is -0.303. The zero-order valence-corrected chi connectivity index (χ0v) is 15.2. The van der Waals surface area contributed by atoms with Crippen LogP contribution in [-0.2, 0) is 11.3 Å². The largest absolute Gasteiger partial charge is 0.319 e. The molecule has 0 radical (unpaired) electrons. The SMILES string of the molecule is C[C@@H](C(=O)Nc1ccccc1[N+](=O)[O-])N(C)Cc1nc2ccccc2s1. The summed E-state index contributed by atoms with van der Waals surface area (Å²) < 4.78 is 1.10. The predicted octanol–water partition coefficient (Wildman–Crippen LogP) is 3.66. The van der Waals surface area contributed by atoms with Crippen molar-refractivity contribution in [1.29, 1.82) is 0 Å². The normalized spacial score (nSPS) is 12.3. The fourth-order valence-corrected chi connectivity index (χ4v) is 3.54. The average molecular weight is 370 g/mol. The third-order valence-corrected chi connectivity index (χ3v) is 5.14. The molecule has 0 spiro atoms. The van der Waals surface area contributed by atoms with Gasteiger partial charge in [0.25, 0.3) is 5.69 Å². The lowest BCUT2D eigenvalue weighted by atomic mass is 10.2. The number of thiazole rings is 1. The van der Waals surface area contributed by atoms with Crippen LogP contribution in [0, 0.1) is 10.1 Å². The Labute approximate surface area is 154 Å². The maximum absolute atomic E-state index is 12.5. The number of nitro groups is 1. The second-order valence-corrected chi connectivity index (χ2v) is 7.05. The maximum Gasteiger partial charge on any atom is 0.292 e. The predicted molar refractivity (Wildman–Crippen MR) is 102 cm³/mol. The summed E-state index contributed by atoms with van der Waals surface area (Å²) >= 11 is 1.59. The molecule has 0 saturated heterocycles. The number of benzene rings is 2. The highest BCUT2D eigenvalue weighted by molar-refractivity contribution is 7.18. The minimum Gasteiger partial charge on any atom is -0.319 e. The molecule has 1 heterocycles. The van der Waals surface area contributed by atoms with Crippen LogP contribution in [0.5, 0.6) is 0 Å². The Kier molecular flexibility index (Phi) is 5.24. The summed E-state index contributed by atoms with van der Waals surface area (Å²) in [6.45, 7) is 2.28. The van der Waals surface area contributed by atoms with Gasteiger partial charge in [0.2, 0.25) is 5.91 Å². The van der Waals surface area contributed by atoms with Gasteiger partial charge in [-0.3, -0.25) is 19.8 Å². The van der Waals surface area contributed by atoms with E-state index in [1.54, 1.807) is 30.4 Å². The molecule has 8 heteroatoms. The van der Waals surface area contributed by atoms with Gasteiger partial charge in [0.1, 0.15) is 10.7 Å². The number of aromatic nitrogens is 1. The minimum absolute atomic E-state index is 0.123. The highest BCUT2D eigenvalue weighted by Crippen LogP contribution is 2.25. The first-order valence-corrected chi connectivity index (χ1v) is 8.86. The van der Waals surface area contributed by atoms with Gasteiger partial charge in [-0.1, -0.05) is 24.3 Å². The molecule has 1 aromatic heterocycles. The van der Waals surface area contributed by atoms with Crippen LogP contribution in [-0.4, -0.2) is 33.8 Å². The quantitative estimate of drug-likeness (QED) is 0.528. The van der Waals surface area contributed by atoms with Crippen LogP contribution in [0.4, 0.5) is 11.4 Å². The zero-order chi connectivity index (χ0) is 18.7. The summed E-state index contributed by atoms with van der Waals surface area (Å²) in [6.07, 6.45) is 0. The number of rotatable bonds is 6. The van der Waals surface area contributed by atoms with Gasteiger partial charge in [-0.2, -0.15) is 0 Å². The fourth-order valence-electron chi connectivity index (χ4n) is 2.51. The van der Waals surface area contributed by atoms with Crippen LogP contribution in [0.15, 0.2) is 48.5 Å². The van der Waals surface area contributed by atoms with E-state index < -0.39 is 11.0 Å². The Hall–Kier alpha value is -2.84. The topological polar surface area (TPSA) is 88.4 Å². The average Bonchev–Trinajstić information content (AvgIpc) is 3.03. The number of fused-ring (bicyclic) bond motifs is 1. The molecule has 1 atom stereocenters. The number of nitrogens with one attached hydrogen (secondary N) is 1. The zero-order valence-electron chi connectivity index (χ0n) is 14.4. The molecular weight excluding hydrogens is 352 g/mol. The second kappa shape index (κ2) is 7.59. The van der Waals surface area contributed by atoms with Gasteiger partial charge < -0.3 is 5.32 Å². The van der Waals surface area contributed by atoms with Gasteiger partial charge in [-0.15, -0.1) is 11.3 Å². The molecule has 0 bridgehead atoms. The molecule has 0 aliphatic rings. The highest BCUT2D eigenvalue weighted by Gasteiger charge is 2.22. The van der Waals surface area contributed by atoms with Crippen LogP contribution in [0.2, 0.25) is 0 Å². The summed E-state index contributed by atoms with van der Waals surface area (Å²) in [7, 11) is 1.83. The third kappa shape index (κ3) is 3.87. The van der Waals surface area contributed by atoms with Gasteiger partial charge in [0.15, 0.2) is 0 Å². The summed E-state index contributed by atoms with van der Waals surface area (Å²) in [5.41, 5.74) is 1.02. The van der Waals surface area contributed by atoms with E-state index in [1.165, 1.54) is 12.1 Å². The van der Waals surface area contributed by atoms with E-state index in [4.69, 9.17) is 0 Å². The Bertz CT molecular complexity index is 923. The van der Waals surface area contributed by atoms with Gasteiger partial charge in [-0.25, -0.2) is 4.98 Å². The fraction of sp³-hybridized carbons (Fsp3) is 0.222. The van der Waals surface area contributed by atoms with E-state index >= 15 is 0 Å². The smallest absolute Gasteiger partial charge is 0.292 e. The van der Waals surface area contributed by atoms with Crippen molar-refractivity contribution in [1.82, 2.24) is 9.88 Å². The minimum atomic E-state index is -0.509. The molecule has 2 aromatic carbocycles. The molecule has 0 aliphatic heterocycles. The van der Waals surface area contributed by atoms with Crippen molar-refractivity contribution in [3.8, 4) is 0 Å². The Morgan fingerprint density at radius 2 is 1.96 bits per heavy atom. The van der Waals surface area contributed by atoms with Crippen molar-refractivity contribution in [2.45, 2.75) is 19.5 Å². The van der Waals surface area contributed by atoms with Crippen molar-refractivity contribution in [3.63, 3.8) is 0 Å². The first kappa shape index (κ1) is 18.0. The summed E-state index contributed by atoms with van der Waals surface area (Å²) in [4.78, 5) is 29.5. The number of anilines is 1. The molecule has 7 nitrogen and oxygen atoms in total. The number of hydrogen-bond donors (Lipinski definition) is 1. The number of hydrogen-bond acceptors (Lipinski definition) is 6. The number of amides is 1. The number of carbonyl (C=O) groups is 1. The number of nitrogens with zero attached hydrogens (tertiary/aromatic N) is 3. The molecule has 3 aromatic rings. The summed E-state index contributed by atoms with van der Waals surface area (Å²) in [6, 6.07) is 13.5. The first-order chi connectivity index (χ1) is 12.5. The van der Waals surface area contributed by atoms with Crippen LogP contribution in [0.3, 0.4) is 0 Å². The van der Waals surface area contributed by atoms with Crippen molar-refractivity contribution in [2.75, 3.05) is 12.4 Å². The number of para-hydroxylation sites is 3. The van der Waals surface area contributed by atoms with Crippen molar-refractivity contribution >= 4 is 38.8 Å². The van der Waals surface area contributed by atoms with E-state index in [-0.39, 0.29) is 17.3 Å². The molecule has 0 saturated carbocycles. The molecule has 26 heavy (non-hydrogen) atoms. The van der Waals surface area contributed by atoms with E-state index in [0.29, 0.717) is 6.54 Å². The van der Waals surface area contributed by atoms with E-state index in [9.17, 15) is 14.9 Å². The van der Waals surface area contributed by atoms with Crippen LogP contribution >= 0.6 is 11.3 Å². The number of carbonyl (C=O) groups excluding carboxylic acids is 1. The molecule has 0 fully saturated rings. The molecule has 1 amide bonds. The standard InChI is InChI=1S/C18H18N4O3S/c1-12(18(23)20-13-7-3-5-9-15(13)22(24)25)21(2)11-17-19-14-8-4-6-10-16(14)26-17/h3-10,12H,11H2,1-2H3,(H,20,23)/t12-/m0/s1. The van der Waals surface area contributed by atoms with Gasteiger partial charge in [-0.05, 0) is 32.2 Å². The van der Waals surface area contributed by atoms with Crippen molar-refractivity contribution < 1.29 is 9.72 Å². The van der Waals surface area contributed by atoms with E-state index in [1.807, 2.05) is 36.2 Å². The lowest BCUT2D eigenvalue weighted by molar-refractivity contribution is -0.383. The van der Waals surface area contributed by atoms with Crippen LogP contribution < -0.4 is 5.32 Å². The lowest BCUT2D eigenvalue weighted by Crippen LogP contribution is -2.39.